The molecule has 0 saturated carbocycles. The fraction of sp³-hybridized carbons (Fsp3) is 0. The zero-order chi connectivity index (χ0) is 12.4. The number of halogens is 2. The Labute approximate surface area is 100 Å². The summed E-state index contributed by atoms with van der Waals surface area (Å²) in [6, 6.07) is 5.04. The van der Waals surface area contributed by atoms with E-state index in [1.165, 1.54) is 18.3 Å². The maximum Gasteiger partial charge on any atom is 0.305 e. The van der Waals surface area contributed by atoms with Crippen LogP contribution in [0.1, 0.15) is 0 Å². The van der Waals surface area contributed by atoms with Gasteiger partial charge in [0.15, 0.2) is 0 Å². The first-order valence-electron chi connectivity index (χ1n) is 4.51. The van der Waals surface area contributed by atoms with Crippen LogP contribution in [0.4, 0.5) is 10.1 Å². The molecule has 0 bridgehead atoms. The van der Waals surface area contributed by atoms with Crippen LogP contribution in [0.2, 0.25) is 5.28 Å². The van der Waals surface area contributed by atoms with Crippen LogP contribution in [-0.2, 0) is 0 Å². The lowest BCUT2D eigenvalue weighted by molar-refractivity contribution is -0.387. The molecule has 1 aromatic carbocycles. The van der Waals surface area contributed by atoms with Gasteiger partial charge in [-0.1, -0.05) is 0 Å². The molecule has 2 rings (SSSR count). The third kappa shape index (κ3) is 2.36. The van der Waals surface area contributed by atoms with Crippen molar-refractivity contribution >= 4 is 17.3 Å². The highest BCUT2D eigenvalue weighted by atomic mass is 35.5. The smallest absolute Gasteiger partial charge is 0.258 e. The maximum atomic E-state index is 13.1. The van der Waals surface area contributed by atoms with Crippen LogP contribution >= 0.6 is 11.6 Å². The number of rotatable bonds is 2. The summed E-state index contributed by atoms with van der Waals surface area (Å²) < 4.78 is 13.1. The fourth-order valence-electron chi connectivity index (χ4n) is 1.31. The second-order valence-electron chi connectivity index (χ2n) is 3.13. The van der Waals surface area contributed by atoms with E-state index in [1.54, 1.807) is 0 Å². The minimum Gasteiger partial charge on any atom is -0.258 e. The molecule has 5 nitrogen and oxygen atoms in total. The number of hydrogen-bond donors (Lipinski definition) is 0. The van der Waals surface area contributed by atoms with E-state index < -0.39 is 16.4 Å². The Bertz CT molecular complexity index is 592. The topological polar surface area (TPSA) is 68.9 Å². The fourth-order valence-corrected chi connectivity index (χ4v) is 1.45. The lowest BCUT2D eigenvalue weighted by atomic mass is 10.1. The van der Waals surface area contributed by atoms with Crippen LogP contribution < -0.4 is 0 Å². The molecule has 0 saturated heterocycles. The van der Waals surface area contributed by atoms with Crippen molar-refractivity contribution in [3.8, 4) is 11.3 Å². The summed E-state index contributed by atoms with van der Waals surface area (Å²) in [7, 11) is 0. The number of nitro benzene ring substituents is 1. The van der Waals surface area contributed by atoms with Crippen LogP contribution in [-0.4, -0.2) is 14.9 Å². The van der Waals surface area contributed by atoms with Crippen molar-refractivity contribution in [1.82, 2.24) is 9.97 Å². The lowest BCUT2D eigenvalue weighted by Gasteiger charge is -2.01. The molecule has 0 aliphatic rings. The summed E-state index contributed by atoms with van der Waals surface area (Å²) in [6.45, 7) is 0. The molecule has 86 valence electrons. The Balaban J connectivity index is 2.54. The van der Waals surface area contributed by atoms with Crippen molar-refractivity contribution in [3.05, 3.63) is 51.7 Å². The van der Waals surface area contributed by atoms with E-state index in [2.05, 4.69) is 9.97 Å². The monoisotopic (exact) mass is 253 g/mol. The number of nitrogens with zero attached hydrogens (tertiary/aromatic N) is 3. The Kier molecular flexibility index (Phi) is 2.97. The van der Waals surface area contributed by atoms with Crippen molar-refractivity contribution in [2.45, 2.75) is 0 Å². The average molecular weight is 254 g/mol. The van der Waals surface area contributed by atoms with Crippen molar-refractivity contribution in [2.24, 2.45) is 0 Å². The number of aromatic nitrogens is 2. The second-order valence-corrected chi connectivity index (χ2v) is 3.47. The molecule has 0 fully saturated rings. The van der Waals surface area contributed by atoms with Crippen molar-refractivity contribution in [1.29, 1.82) is 0 Å². The molecular weight excluding hydrogens is 249 g/mol. The van der Waals surface area contributed by atoms with Gasteiger partial charge in [-0.3, -0.25) is 10.1 Å². The van der Waals surface area contributed by atoms with E-state index >= 15 is 0 Å². The average Bonchev–Trinajstić information content (AvgIpc) is 2.29. The zero-order valence-corrected chi connectivity index (χ0v) is 9.06. The molecule has 0 spiro atoms. The van der Waals surface area contributed by atoms with Gasteiger partial charge in [-0.15, -0.1) is 0 Å². The van der Waals surface area contributed by atoms with E-state index in [1.807, 2.05) is 0 Å². The normalized spacial score (nSPS) is 10.2. The van der Waals surface area contributed by atoms with E-state index in [4.69, 9.17) is 11.6 Å². The van der Waals surface area contributed by atoms with E-state index in [9.17, 15) is 14.5 Å². The standard InChI is InChI=1S/C10H5ClFN3O2/c11-10-13-4-3-8(14-10)6-1-2-7(12)9(5-6)15(16)17/h1-5H. The predicted molar refractivity (Wildman–Crippen MR) is 59.1 cm³/mol. The number of nitro groups is 1. The molecule has 2 aromatic rings. The maximum absolute atomic E-state index is 13.1. The van der Waals surface area contributed by atoms with Crippen molar-refractivity contribution in [2.75, 3.05) is 0 Å². The Hall–Kier alpha value is -2.08. The molecule has 0 N–H and O–H groups in total. The second kappa shape index (κ2) is 4.42. The first-order chi connectivity index (χ1) is 8.08. The molecule has 1 heterocycles. The van der Waals surface area contributed by atoms with Gasteiger partial charge in [0.1, 0.15) is 0 Å². The van der Waals surface area contributed by atoms with Crippen LogP contribution in [0.5, 0.6) is 0 Å². The predicted octanol–water partition coefficient (Wildman–Crippen LogP) is 2.84. The summed E-state index contributed by atoms with van der Waals surface area (Å²) in [5.41, 5.74) is 0.202. The highest BCUT2D eigenvalue weighted by Gasteiger charge is 2.15. The summed E-state index contributed by atoms with van der Waals surface area (Å²) in [6.07, 6.45) is 1.42. The van der Waals surface area contributed by atoms with Crippen molar-refractivity contribution in [3.63, 3.8) is 0 Å². The zero-order valence-electron chi connectivity index (χ0n) is 8.30. The van der Waals surface area contributed by atoms with Gasteiger partial charge in [-0.05, 0) is 29.8 Å². The highest BCUT2D eigenvalue weighted by molar-refractivity contribution is 6.28. The van der Waals surface area contributed by atoms with E-state index in [-0.39, 0.29) is 5.28 Å². The highest BCUT2D eigenvalue weighted by Crippen LogP contribution is 2.25. The van der Waals surface area contributed by atoms with Gasteiger partial charge in [0.2, 0.25) is 11.1 Å². The van der Waals surface area contributed by atoms with Gasteiger partial charge in [0.25, 0.3) is 0 Å². The van der Waals surface area contributed by atoms with E-state index in [0.29, 0.717) is 11.3 Å². The summed E-state index contributed by atoms with van der Waals surface area (Å²) >= 11 is 5.60. The first kappa shape index (κ1) is 11.4. The third-order valence-corrected chi connectivity index (χ3v) is 2.25. The van der Waals surface area contributed by atoms with Crippen LogP contribution in [0.15, 0.2) is 30.5 Å². The van der Waals surface area contributed by atoms with E-state index in [0.717, 1.165) is 12.1 Å². The van der Waals surface area contributed by atoms with Crippen molar-refractivity contribution < 1.29 is 9.31 Å². The molecule has 0 unspecified atom stereocenters. The van der Waals surface area contributed by atoms with Crippen LogP contribution in [0, 0.1) is 15.9 Å². The molecule has 17 heavy (non-hydrogen) atoms. The summed E-state index contributed by atoms with van der Waals surface area (Å²) in [4.78, 5) is 17.4. The van der Waals surface area contributed by atoms with Gasteiger partial charge in [0.05, 0.1) is 10.6 Å². The summed E-state index contributed by atoms with van der Waals surface area (Å²) in [5, 5.41) is 10.6. The largest absolute Gasteiger partial charge is 0.305 e. The molecule has 0 amide bonds. The molecule has 7 heteroatoms. The van der Waals surface area contributed by atoms with Crippen LogP contribution in [0.25, 0.3) is 11.3 Å². The number of benzene rings is 1. The SMILES string of the molecule is O=[N+]([O-])c1cc(-c2ccnc(Cl)n2)ccc1F. The third-order valence-electron chi connectivity index (χ3n) is 2.06. The van der Waals surface area contributed by atoms with Gasteiger partial charge in [-0.25, -0.2) is 9.97 Å². The Morgan fingerprint density at radius 1 is 1.35 bits per heavy atom. The molecule has 0 aliphatic carbocycles. The Morgan fingerprint density at radius 3 is 2.76 bits per heavy atom. The van der Waals surface area contributed by atoms with Gasteiger partial charge < -0.3 is 0 Å². The quantitative estimate of drug-likeness (QED) is 0.469. The van der Waals surface area contributed by atoms with Crippen LogP contribution in [0.3, 0.4) is 0 Å². The Morgan fingerprint density at radius 2 is 2.12 bits per heavy atom. The molecule has 1 aromatic heterocycles. The lowest BCUT2D eigenvalue weighted by Crippen LogP contribution is -1.94. The van der Waals surface area contributed by atoms with Gasteiger partial charge in [-0.2, -0.15) is 4.39 Å². The minimum atomic E-state index is -0.890. The summed E-state index contributed by atoms with van der Waals surface area (Å²) in [5.74, 6) is -0.890. The number of hydrogen-bond acceptors (Lipinski definition) is 4. The molecule has 0 radical (unpaired) electrons. The first-order valence-corrected chi connectivity index (χ1v) is 4.88. The van der Waals surface area contributed by atoms with Gasteiger partial charge >= 0.3 is 5.69 Å². The molecular formula is C10H5ClFN3O2. The molecule has 0 atom stereocenters. The van der Waals surface area contributed by atoms with Gasteiger partial charge in [0, 0.05) is 17.8 Å². The minimum absolute atomic E-state index is 0.0227. The molecule has 0 aliphatic heterocycles.